The first-order chi connectivity index (χ1) is 15.6. The van der Waals surface area contributed by atoms with Crippen LogP contribution < -0.4 is 5.32 Å². The Hall–Kier alpha value is -2.22. The molecule has 1 aromatic heterocycles. The van der Waals surface area contributed by atoms with E-state index in [2.05, 4.69) is 10.3 Å². The molecule has 1 aromatic carbocycles. The van der Waals surface area contributed by atoms with Crippen LogP contribution in [0.25, 0.3) is 0 Å². The average molecular weight is 508 g/mol. The summed E-state index contributed by atoms with van der Waals surface area (Å²) in [5.74, 6) is -2.42. The lowest BCUT2D eigenvalue weighted by Crippen LogP contribution is -2.47. The molecule has 0 radical (unpaired) electrons. The zero-order valence-corrected chi connectivity index (χ0v) is 18.9. The number of amides is 1. The van der Waals surface area contributed by atoms with Gasteiger partial charge in [0.25, 0.3) is 0 Å². The van der Waals surface area contributed by atoms with Gasteiger partial charge in [-0.3, -0.25) is 14.5 Å². The van der Waals surface area contributed by atoms with Gasteiger partial charge >= 0.3 is 12.1 Å². The quantitative estimate of drug-likeness (QED) is 0.398. The van der Waals surface area contributed by atoms with E-state index < -0.39 is 23.5 Å². The number of halogens is 4. The minimum absolute atomic E-state index is 0.103. The van der Waals surface area contributed by atoms with Crippen LogP contribution >= 0.6 is 23.1 Å². The van der Waals surface area contributed by atoms with E-state index in [1.54, 1.807) is 5.38 Å². The molecule has 2 N–H and O–H groups in total. The lowest BCUT2D eigenvalue weighted by Gasteiger charge is -2.33. The Morgan fingerprint density at radius 1 is 1.36 bits per heavy atom. The van der Waals surface area contributed by atoms with E-state index in [1.807, 2.05) is 4.90 Å². The second kappa shape index (κ2) is 11.3. The van der Waals surface area contributed by atoms with Crippen LogP contribution in [-0.4, -0.2) is 65.0 Å². The van der Waals surface area contributed by atoms with Gasteiger partial charge in [0.05, 0.1) is 36.1 Å². The molecule has 7 nitrogen and oxygen atoms in total. The maximum atomic E-state index is 13.5. The Balaban J connectivity index is 1.44. The fraction of sp³-hybridized carbons (Fsp3) is 0.450. The molecule has 1 fully saturated rings. The lowest BCUT2D eigenvalue weighted by molar-refractivity contribution is -0.140. The monoisotopic (exact) mass is 507 g/mol. The number of thiazole rings is 1. The number of nitrogens with one attached hydrogen (secondary N) is 1. The van der Waals surface area contributed by atoms with Crippen molar-refractivity contribution in [2.75, 3.05) is 32.0 Å². The van der Waals surface area contributed by atoms with Crippen molar-refractivity contribution < 1.29 is 37.0 Å². The normalized spacial score (nSPS) is 17.2. The van der Waals surface area contributed by atoms with Gasteiger partial charge in [-0.05, 0) is 17.7 Å². The van der Waals surface area contributed by atoms with Crippen molar-refractivity contribution in [1.29, 1.82) is 0 Å². The van der Waals surface area contributed by atoms with Crippen LogP contribution in [0, 0.1) is 5.82 Å². The molecule has 3 rings (SSSR count). The summed E-state index contributed by atoms with van der Waals surface area (Å²) in [5.41, 5.74) is -0.505. The second-order valence-corrected chi connectivity index (χ2v) is 9.39. The number of carboxylic acid groups (broad SMARTS) is 1. The summed E-state index contributed by atoms with van der Waals surface area (Å²) in [6.45, 7) is 1.69. The summed E-state index contributed by atoms with van der Waals surface area (Å²) in [4.78, 5) is 28.8. The number of thioether (sulfide) groups is 1. The van der Waals surface area contributed by atoms with Gasteiger partial charge in [-0.15, -0.1) is 11.3 Å². The molecular weight excluding hydrogens is 486 g/mol. The third-order valence-electron chi connectivity index (χ3n) is 4.68. The van der Waals surface area contributed by atoms with Gasteiger partial charge in [-0.2, -0.15) is 13.2 Å². The molecular formula is C20H21F4N3O4S2. The molecule has 0 aliphatic carbocycles. The minimum Gasteiger partial charge on any atom is -0.481 e. The molecule has 1 atom stereocenters. The fourth-order valence-corrected chi connectivity index (χ4v) is 4.87. The Bertz CT molecular complexity index is 986. The number of carbonyl (C=O) groups excluding carboxylic acids is 1. The number of carbonyl (C=O) groups is 2. The zero-order valence-electron chi connectivity index (χ0n) is 17.2. The van der Waals surface area contributed by atoms with Crippen molar-refractivity contribution >= 4 is 35.0 Å². The van der Waals surface area contributed by atoms with E-state index in [0.717, 1.165) is 12.1 Å². The Kier molecular flexibility index (Phi) is 8.68. The smallest absolute Gasteiger partial charge is 0.419 e. The van der Waals surface area contributed by atoms with Crippen molar-refractivity contribution in [2.45, 2.75) is 29.6 Å². The third kappa shape index (κ3) is 7.95. The number of alkyl halides is 3. The van der Waals surface area contributed by atoms with Crippen LogP contribution in [-0.2, 0) is 33.5 Å². The molecule has 0 spiro atoms. The van der Waals surface area contributed by atoms with Gasteiger partial charge in [-0.25, -0.2) is 9.37 Å². The highest BCUT2D eigenvalue weighted by Crippen LogP contribution is 2.32. The number of hydrogen-bond acceptors (Lipinski definition) is 7. The van der Waals surface area contributed by atoms with Gasteiger partial charge in [0.15, 0.2) is 4.34 Å². The topological polar surface area (TPSA) is 91.8 Å². The van der Waals surface area contributed by atoms with Crippen LogP contribution in [0.5, 0.6) is 0 Å². The maximum Gasteiger partial charge on any atom is 0.419 e. The first-order valence-electron chi connectivity index (χ1n) is 9.85. The van der Waals surface area contributed by atoms with Crippen molar-refractivity contribution in [2.24, 2.45) is 0 Å². The molecule has 0 bridgehead atoms. The number of ether oxygens (including phenoxy) is 1. The number of morpholine rings is 1. The molecule has 2 heterocycles. The van der Waals surface area contributed by atoms with E-state index in [1.165, 1.54) is 29.2 Å². The molecule has 1 amide bonds. The number of hydrogen-bond donors (Lipinski definition) is 2. The lowest BCUT2D eigenvalue weighted by atomic mass is 10.1. The predicted octanol–water partition coefficient (Wildman–Crippen LogP) is 3.04. The largest absolute Gasteiger partial charge is 0.481 e. The molecule has 0 unspecified atom stereocenters. The van der Waals surface area contributed by atoms with Crippen molar-refractivity contribution in [3.63, 3.8) is 0 Å². The summed E-state index contributed by atoms with van der Waals surface area (Å²) in [5, 5.41) is 13.2. The number of rotatable bonds is 9. The number of aromatic nitrogens is 1. The molecule has 33 heavy (non-hydrogen) atoms. The van der Waals surface area contributed by atoms with Gasteiger partial charge in [0.1, 0.15) is 5.82 Å². The maximum absolute atomic E-state index is 13.5. The summed E-state index contributed by atoms with van der Waals surface area (Å²) in [7, 11) is 0. The summed E-state index contributed by atoms with van der Waals surface area (Å²) in [6.07, 6.45) is -5.27. The molecule has 1 saturated heterocycles. The van der Waals surface area contributed by atoms with E-state index in [0.29, 0.717) is 35.3 Å². The number of aliphatic carboxylic acids is 1. The highest BCUT2D eigenvalue weighted by molar-refractivity contribution is 8.01. The van der Waals surface area contributed by atoms with Crippen LogP contribution in [0.3, 0.4) is 0 Å². The zero-order chi connectivity index (χ0) is 24.0. The third-order valence-corrected chi connectivity index (χ3v) is 6.75. The van der Waals surface area contributed by atoms with Crippen molar-refractivity contribution in [3.8, 4) is 0 Å². The molecule has 180 valence electrons. The second-order valence-electron chi connectivity index (χ2n) is 7.31. The highest BCUT2D eigenvalue weighted by atomic mass is 32.2. The molecule has 2 aromatic rings. The average Bonchev–Trinajstić information content (AvgIpc) is 3.18. The Labute approximate surface area is 195 Å². The first kappa shape index (κ1) is 25.4. The summed E-state index contributed by atoms with van der Waals surface area (Å²) in [6, 6.07) is 2.97. The highest BCUT2D eigenvalue weighted by Gasteiger charge is 2.34. The van der Waals surface area contributed by atoms with E-state index >= 15 is 0 Å². The molecule has 13 heteroatoms. The van der Waals surface area contributed by atoms with Gasteiger partial charge < -0.3 is 15.2 Å². The van der Waals surface area contributed by atoms with Crippen molar-refractivity contribution in [3.05, 3.63) is 46.2 Å². The number of carboxylic acids is 1. The van der Waals surface area contributed by atoms with Crippen LogP contribution in [0.4, 0.5) is 17.6 Å². The molecule has 1 aliphatic rings. The van der Waals surface area contributed by atoms with Gasteiger partial charge in [0.2, 0.25) is 5.91 Å². The minimum atomic E-state index is -4.76. The number of nitrogens with zero attached hydrogens (tertiary/aromatic N) is 2. The Morgan fingerprint density at radius 2 is 2.15 bits per heavy atom. The fourth-order valence-electron chi connectivity index (χ4n) is 3.19. The van der Waals surface area contributed by atoms with Crippen molar-refractivity contribution in [1.82, 2.24) is 15.2 Å². The SMILES string of the molecule is O=C(O)Cc1csc(SCC(=O)NC[C@H]2CN(Cc3ccc(F)c(C(F)(F)F)c3)CCO2)n1. The van der Waals surface area contributed by atoms with E-state index in [-0.39, 0.29) is 37.3 Å². The molecule has 0 saturated carbocycles. The number of benzene rings is 1. The van der Waals surface area contributed by atoms with E-state index in [4.69, 9.17) is 9.84 Å². The summed E-state index contributed by atoms with van der Waals surface area (Å²) < 4.78 is 58.5. The van der Waals surface area contributed by atoms with Crippen LogP contribution in [0.15, 0.2) is 27.9 Å². The first-order valence-corrected chi connectivity index (χ1v) is 11.7. The van der Waals surface area contributed by atoms with Crippen LogP contribution in [0.2, 0.25) is 0 Å². The van der Waals surface area contributed by atoms with Gasteiger partial charge in [0, 0.05) is 31.6 Å². The molecule has 1 aliphatic heterocycles. The standard InChI is InChI=1S/C20H21F4N3O4S2/c21-16-2-1-12(5-15(16)20(22,23)24)8-27-3-4-31-14(9-27)7-25-17(28)11-33-19-26-13(10-32-19)6-18(29)30/h1-2,5,10,14H,3-4,6-9,11H2,(H,25,28)(H,29,30)/t14-/m0/s1. The summed E-state index contributed by atoms with van der Waals surface area (Å²) >= 11 is 2.47. The van der Waals surface area contributed by atoms with Gasteiger partial charge in [-0.1, -0.05) is 17.8 Å². The predicted molar refractivity (Wildman–Crippen MR) is 114 cm³/mol. The van der Waals surface area contributed by atoms with Crippen LogP contribution in [0.1, 0.15) is 16.8 Å². The van der Waals surface area contributed by atoms with E-state index in [9.17, 15) is 27.2 Å². The Morgan fingerprint density at radius 3 is 2.88 bits per heavy atom.